The molecule has 15 heavy (non-hydrogen) atoms. The van der Waals surface area contributed by atoms with E-state index < -0.39 is 0 Å². The first-order valence-corrected chi connectivity index (χ1v) is 4.83. The second-order valence-electron chi connectivity index (χ2n) is 3.45. The molecule has 86 valence electrons. The minimum Gasteiger partial charge on any atom is -0.463 e. The lowest BCUT2D eigenvalue weighted by Gasteiger charge is -2.39. The Morgan fingerprint density at radius 2 is 2.20 bits per heavy atom. The largest absolute Gasteiger partial charge is 0.463 e. The first kappa shape index (κ1) is 10.8. The summed E-state index contributed by atoms with van der Waals surface area (Å²) in [5, 5.41) is 0. The monoisotopic (exact) mass is 218 g/mol. The molecule has 0 aromatic heterocycles. The van der Waals surface area contributed by atoms with Gasteiger partial charge in [-0.15, -0.1) is 0 Å². The Balaban J connectivity index is 1.88. The van der Waals surface area contributed by atoms with Crippen molar-refractivity contribution in [3.8, 4) is 0 Å². The van der Waals surface area contributed by atoms with Crippen molar-refractivity contribution in [1.82, 2.24) is 0 Å². The van der Waals surface area contributed by atoms with E-state index in [4.69, 9.17) is 23.7 Å². The number of fused-ring (bicyclic) bond motifs is 1. The van der Waals surface area contributed by atoms with Crippen LogP contribution < -0.4 is 0 Å². The van der Waals surface area contributed by atoms with E-state index in [-0.39, 0.29) is 44.5 Å². The van der Waals surface area contributed by atoms with Crippen LogP contribution in [-0.2, 0) is 28.5 Å². The minimum atomic E-state index is -0.325. The second kappa shape index (κ2) is 4.89. The van der Waals surface area contributed by atoms with Crippen molar-refractivity contribution < 1.29 is 28.5 Å². The molecule has 0 bridgehead atoms. The van der Waals surface area contributed by atoms with Crippen LogP contribution in [0.25, 0.3) is 0 Å². The van der Waals surface area contributed by atoms with Gasteiger partial charge in [0.2, 0.25) is 0 Å². The van der Waals surface area contributed by atoms with Gasteiger partial charge in [-0.05, 0) is 0 Å². The van der Waals surface area contributed by atoms with Gasteiger partial charge >= 0.3 is 5.97 Å². The van der Waals surface area contributed by atoms with Crippen LogP contribution in [-0.4, -0.2) is 51.1 Å². The summed E-state index contributed by atoms with van der Waals surface area (Å²) in [6.07, 6.45) is -0.614. The molecule has 0 spiro atoms. The van der Waals surface area contributed by atoms with Gasteiger partial charge in [-0.3, -0.25) is 4.79 Å². The summed E-state index contributed by atoms with van der Waals surface area (Å²) in [5.74, 6) is -0.325. The zero-order valence-electron chi connectivity index (χ0n) is 8.51. The molecule has 3 atom stereocenters. The van der Waals surface area contributed by atoms with Crippen molar-refractivity contribution in [2.24, 2.45) is 0 Å². The lowest BCUT2D eigenvalue weighted by atomic mass is 10.1. The molecule has 0 N–H and O–H groups in total. The normalized spacial score (nSPS) is 35.7. The standard InChI is InChI=1S/C9H14O6/c1-6(10)12-3-8-9-7(13-5-14-8)2-11-4-15-9/h7-9H,2-5H2,1H3/t7-,8+,9+/m1/s1. The average Bonchev–Trinajstić information content (AvgIpc) is 2.26. The molecule has 2 fully saturated rings. The van der Waals surface area contributed by atoms with Crippen molar-refractivity contribution >= 4 is 5.97 Å². The molecule has 0 aromatic rings. The maximum Gasteiger partial charge on any atom is 0.302 e. The van der Waals surface area contributed by atoms with Gasteiger partial charge in [-0.1, -0.05) is 0 Å². The highest BCUT2D eigenvalue weighted by Gasteiger charge is 2.39. The van der Waals surface area contributed by atoms with Crippen molar-refractivity contribution in [3.63, 3.8) is 0 Å². The molecule has 0 radical (unpaired) electrons. The van der Waals surface area contributed by atoms with Crippen LogP contribution in [0.15, 0.2) is 0 Å². The SMILES string of the molecule is CC(=O)OC[C@@H]1OCO[C@@H]2COCO[C@H]12. The fourth-order valence-electron chi connectivity index (χ4n) is 1.63. The van der Waals surface area contributed by atoms with Crippen LogP contribution in [0, 0.1) is 0 Å². The maximum atomic E-state index is 10.7. The topological polar surface area (TPSA) is 63.2 Å². The number of ether oxygens (including phenoxy) is 5. The van der Waals surface area contributed by atoms with E-state index >= 15 is 0 Å². The number of carbonyl (C=O) groups excluding carboxylic acids is 1. The summed E-state index contributed by atoms with van der Waals surface area (Å²) in [6, 6.07) is 0. The van der Waals surface area contributed by atoms with E-state index in [1.807, 2.05) is 0 Å². The van der Waals surface area contributed by atoms with E-state index in [0.717, 1.165) is 0 Å². The highest BCUT2D eigenvalue weighted by Crippen LogP contribution is 2.21. The third kappa shape index (κ3) is 2.66. The summed E-state index contributed by atoms with van der Waals surface area (Å²) < 4.78 is 26.0. The van der Waals surface area contributed by atoms with Crippen LogP contribution >= 0.6 is 0 Å². The molecule has 0 saturated carbocycles. The molecule has 2 saturated heterocycles. The van der Waals surface area contributed by atoms with Gasteiger partial charge in [0.25, 0.3) is 0 Å². The van der Waals surface area contributed by atoms with Gasteiger partial charge in [0.05, 0.1) is 6.61 Å². The Kier molecular flexibility index (Phi) is 3.53. The molecule has 6 nitrogen and oxygen atoms in total. The minimum absolute atomic E-state index is 0.131. The summed E-state index contributed by atoms with van der Waals surface area (Å²) in [6.45, 7) is 2.45. The Hall–Kier alpha value is -0.690. The molecule has 0 unspecified atom stereocenters. The first-order valence-electron chi connectivity index (χ1n) is 4.83. The van der Waals surface area contributed by atoms with Gasteiger partial charge in [0, 0.05) is 6.92 Å². The molecule has 2 aliphatic heterocycles. The van der Waals surface area contributed by atoms with Crippen molar-refractivity contribution in [2.45, 2.75) is 25.2 Å². The number of rotatable bonds is 2. The van der Waals surface area contributed by atoms with Gasteiger partial charge in [0.15, 0.2) is 0 Å². The van der Waals surface area contributed by atoms with E-state index in [0.29, 0.717) is 6.61 Å². The zero-order chi connectivity index (χ0) is 10.7. The number of esters is 1. The number of hydrogen-bond donors (Lipinski definition) is 0. The molecule has 6 heteroatoms. The lowest BCUT2D eigenvalue weighted by molar-refractivity contribution is -0.305. The molecule has 0 aliphatic carbocycles. The molecule has 0 aromatic carbocycles. The van der Waals surface area contributed by atoms with E-state index in [9.17, 15) is 4.79 Å². The summed E-state index contributed by atoms with van der Waals surface area (Å²) in [4.78, 5) is 10.7. The van der Waals surface area contributed by atoms with Crippen LogP contribution in [0.4, 0.5) is 0 Å². The molecule has 2 aliphatic rings. The third-order valence-electron chi connectivity index (χ3n) is 2.37. The molecule has 2 heterocycles. The first-order chi connectivity index (χ1) is 7.27. The van der Waals surface area contributed by atoms with Crippen LogP contribution in [0.5, 0.6) is 0 Å². The van der Waals surface area contributed by atoms with Crippen molar-refractivity contribution in [3.05, 3.63) is 0 Å². The van der Waals surface area contributed by atoms with E-state index in [2.05, 4.69) is 0 Å². The summed E-state index contributed by atoms with van der Waals surface area (Å²) >= 11 is 0. The Bertz CT molecular complexity index is 229. The predicted molar refractivity (Wildman–Crippen MR) is 46.9 cm³/mol. The van der Waals surface area contributed by atoms with E-state index in [1.54, 1.807) is 0 Å². The molecular weight excluding hydrogens is 204 g/mol. The smallest absolute Gasteiger partial charge is 0.302 e. The zero-order valence-corrected chi connectivity index (χ0v) is 8.51. The fraction of sp³-hybridized carbons (Fsp3) is 0.889. The van der Waals surface area contributed by atoms with Crippen LogP contribution in [0.2, 0.25) is 0 Å². The highest BCUT2D eigenvalue weighted by atomic mass is 16.8. The highest BCUT2D eigenvalue weighted by molar-refractivity contribution is 5.65. The van der Waals surface area contributed by atoms with Crippen molar-refractivity contribution in [2.75, 3.05) is 26.8 Å². The lowest BCUT2D eigenvalue weighted by Crippen LogP contribution is -2.54. The van der Waals surface area contributed by atoms with Crippen LogP contribution in [0.1, 0.15) is 6.92 Å². The molecular formula is C9H14O6. The second-order valence-corrected chi connectivity index (χ2v) is 3.45. The maximum absolute atomic E-state index is 10.7. The average molecular weight is 218 g/mol. The van der Waals surface area contributed by atoms with Crippen molar-refractivity contribution in [1.29, 1.82) is 0 Å². The van der Waals surface area contributed by atoms with Crippen LogP contribution in [0.3, 0.4) is 0 Å². The summed E-state index contributed by atoms with van der Waals surface area (Å²) in [5.41, 5.74) is 0. The Morgan fingerprint density at radius 1 is 1.33 bits per heavy atom. The molecule has 0 amide bonds. The number of hydrogen-bond acceptors (Lipinski definition) is 6. The van der Waals surface area contributed by atoms with Gasteiger partial charge in [-0.25, -0.2) is 0 Å². The van der Waals surface area contributed by atoms with Gasteiger partial charge in [0.1, 0.15) is 38.5 Å². The Labute approximate surface area is 87.4 Å². The summed E-state index contributed by atoms with van der Waals surface area (Å²) in [7, 11) is 0. The quantitative estimate of drug-likeness (QED) is 0.591. The van der Waals surface area contributed by atoms with Gasteiger partial charge < -0.3 is 23.7 Å². The fourth-order valence-corrected chi connectivity index (χ4v) is 1.63. The third-order valence-corrected chi connectivity index (χ3v) is 2.37. The number of carbonyl (C=O) groups is 1. The predicted octanol–water partition coefficient (Wildman–Crippen LogP) is -0.336. The van der Waals surface area contributed by atoms with E-state index in [1.165, 1.54) is 6.92 Å². The van der Waals surface area contributed by atoms with Gasteiger partial charge in [-0.2, -0.15) is 0 Å². The Morgan fingerprint density at radius 3 is 3.00 bits per heavy atom. The molecule has 2 rings (SSSR count).